The van der Waals surface area contributed by atoms with Crippen LogP contribution in [0.4, 0.5) is 5.69 Å². The molecular weight excluding hydrogens is 392 g/mol. The van der Waals surface area contributed by atoms with Gasteiger partial charge in [-0.3, -0.25) is 4.79 Å². The number of hydrogen-bond donors (Lipinski definition) is 0. The average Bonchev–Trinajstić information content (AvgIpc) is 2.58. The molecule has 0 bridgehead atoms. The number of aromatic nitrogens is 3. The van der Waals surface area contributed by atoms with E-state index in [9.17, 15) is 13.2 Å². The summed E-state index contributed by atoms with van der Waals surface area (Å²) in [7, 11) is -1.18. The number of thioether (sulfide) groups is 1. The summed E-state index contributed by atoms with van der Waals surface area (Å²) in [6, 6.07) is 4.66. The second kappa shape index (κ2) is 8.53. The zero-order valence-corrected chi connectivity index (χ0v) is 17.2. The largest absolute Gasteiger partial charge is 0.481 e. The van der Waals surface area contributed by atoms with Crippen LogP contribution in [0.15, 0.2) is 23.4 Å². The summed E-state index contributed by atoms with van der Waals surface area (Å²) in [4.78, 5) is 25.2. The Balaban J connectivity index is 2.33. The summed E-state index contributed by atoms with van der Waals surface area (Å²) >= 11 is 1.05. The minimum Gasteiger partial charge on any atom is -0.481 e. The van der Waals surface area contributed by atoms with Gasteiger partial charge in [0, 0.05) is 17.5 Å². The van der Waals surface area contributed by atoms with Crippen LogP contribution in [-0.2, 0) is 14.8 Å². The van der Waals surface area contributed by atoms with E-state index in [2.05, 4.69) is 15.0 Å². The zero-order valence-electron chi connectivity index (χ0n) is 15.6. The maximum absolute atomic E-state index is 12.7. The molecule has 0 unspecified atom stereocenters. The molecule has 146 valence electrons. The summed E-state index contributed by atoms with van der Waals surface area (Å²) in [5, 5.41) is 0.397. The van der Waals surface area contributed by atoms with E-state index in [-0.39, 0.29) is 23.2 Å². The highest BCUT2D eigenvalue weighted by molar-refractivity contribution is 8.00. The van der Waals surface area contributed by atoms with Gasteiger partial charge in [0.05, 0.1) is 26.2 Å². The van der Waals surface area contributed by atoms with Crippen LogP contribution in [0.1, 0.15) is 11.4 Å². The molecule has 0 atom stereocenters. The molecular formula is C16H20N4O5S2. The third kappa shape index (κ3) is 5.30. The molecule has 0 N–H and O–H groups in total. The lowest BCUT2D eigenvalue weighted by molar-refractivity contribution is -0.115. The smallest absolute Gasteiger partial charge is 0.251 e. The Kier molecular flexibility index (Phi) is 6.60. The second-order valence-electron chi connectivity index (χ2n) is 5.53. The maximum atomic E-state index is 12.7. The van der Waals surface area contributed by atoms with Crippen molar-refractivity contribution in [3.8, 4) is 11.8 Å². The van der Waals surface area contributed by atoms with Crippen LogP contribution in [0.5, 0.6) is 11.8 Å². The molecule has 0 aromatic carbocycles. The van der Waals surface area contributed by atoms with Gasteiger partial charge in [-0.1, -0.05) is 11.8 Å². The Morgan fingerprint density at radius 1 is 1.11 bits per heavy atom. The van der Waals surface area contributed by atoms with Crippen molar-refractivity contribution in [3.05, 3.63) is 29.6 Å². The molecule has 2 rings (SSSR count). The predicted molar refractivity (Wildman–Crippen MR) is 102 cm³/mol. The normalized spacial score (nSPS) is 11.1. The van der Waals surface area contributed by atoms with Crippen LogP contribution in [0.2, 0.25) is 0 Å². The number of carbonyl (C=O) groups is 1. The highest BCUT2D eigenvalue weighted by Gasteiger charge is 2.29. The van der Waals surface area contributed by atoms with Gasteiger partial charge in [0.15, 0.2) is 5.16 Å². The van der Waals surface area contributed by atoms with Gasteiger partial charge in [0.25, 0.3) is 5.91 Å². The van der Waals surface area contributed by atoms with Crippen molar-refractivity contribution in [2.24, 2.45) is 0 Å². The Morgan fingerprint density at radius 2 is 1.74 bits per heavy atom. The number of hydrogen-bond acceptors (Lipinski definition) is 9. The number of carbonyl (C=O) groups excluding carboxylic acids is 1. The number of nitrogens with zero attached hydrogens (tertiary/aromatic N) is 4. The van der Waals surface area contributed by atoms with Gasteiger partial charge in [0.1, 0.15) is 5.69 Å². The fraction of sp³-hybridized carbons (Fsp3) is 0.375. The molecule has 0 aliphatic carbocycles. The van der Waals surface area contributed by atoms with E-state index in [1.165, 1.54) is 26.4 Å². The highest BCUT2D eigenvalue weighted by atomic mass is 32.2. The standard InChI is InChI=1S/C16H20N4O5S2/c1-10-8-11(2)18-16(17-10)26-9-14(21)20(27(5,22)23)12-6-7-13(24-3)19-15(12)25-4/h6-8H,9H2,1-5H3. The van der Waals surface area contributed by atoms with Gasteiger partial charge >= 0.3 is 0 Å². The number of aryl methyl sites for hydroxylation is 2. The fourth-order valence-electron chi connectivity index (χ4n) is 2.28. The molecule has 11 heteroatoms. The number of methoxy groups -OCH3 is 2. The molecule has 0 radical (unpaired) electrons. The van der Waals surface area contributed by atoms with Crippen molar-refractivity contribution < 1.29 is 22.7 Å². The molecule has 2 heterocycles. The number of amides is 1. The lowest BCUT2D eigenvalue weighted by atomic mass is 10.4. The van der Waals surface area contributed by atoms with Crippen LogP contribution < -0.4 is 13.8 Å². The Bertz CT molecular complexity index is 930. The number of pyridine rings is 1. The third-order valence-corrected chi connectivity index (χ3v) is 5.18. The number of sulfonamides is 1. The van der Waals surface area contributed by atoms with E-state index in [4.69, 9.17) is 9.47 Å². The van der Waals surface area contributed by atoms with Crippen molar-refractivity contribution in [3.63, 3.8) is 0 Å². The van der Waals surface area contributed by atoms with Gasteiger partial charge in [-0.15, -0.1) is 0 Å². The molecule has 2 aromatic rings. The van der Waals surface area contributed by atoms with Crippen LogP contribution >= 0.6 is 11.8 Å². The summed E-state index contributed by atoms with van der Waals surface area (Å²) in [6.45, 7) is 3.63. The van der Waals surface area contributed by atoms with E-state index in [1.807, 2.05) is 19.9 Å². The van der Waals surface area contributed by atoms with E-state index in [1.54, 1.807) is 0 Å². The first-order chi connectivity index (χ1) is 12.7. The quantitative estimate of drug-likeness (QED) is 0.494. The summed E-state index contributed by atoms with van der Waals surface area (Å²) in [5.74, 6) is -0.656. The first-order valence-corrected chi connectivity index (χ1v) is 10.6. The van der Waals surface area contributed by atoms with Gasteiger partial charge in [-0.25, -0.2) is 22.7 Å². The lowest BCUT2D eigenvalue weighted by Gasteiger charge is -2.21. The second-order valence-corrected chi connectivity index (χ2v) is 8.30. The Labute approximate surface area is 162 Å². The van der Waals surface area contributed by atoms with E-state index >= 15 is 0 Å². The van der Waals surface area contributed by atoms with Crippen LogP contribution in [-0.4, -0.2) is 55.5 Å². The molecule has 27 heavy (non-hydrogen) atoms. The molecule has 9 nitrogen and oxygen atoms in total. The van der Waals surface area contributed by atoms with Gasteiger partial charge in [0.2, 0.25) is 21.8 Å². The monoisotopic (exact) mass is 412 g/mol. The number of anilines is 1. The molecule has 0 spiro atoms. The number of rotatable bonds is 7. The SMILES string of the molecule is COc1ccc(N(C(=O)CSc2nc(C)cc(C)n2)S(C)(=O)=O)c(OC)n1. The van der Waals surface area contributed by atoms with Crippen molar-refractivity contribution in [2.45, 2.75) is 19.0 Å². The predicted octanol–water partition coefficient (Wildman–Crippen LogP) is 1.59. The van der Waals surface area contributed by atoms with Gasteiger partial charge < -0.3 is 9.47 Å². The van der Waals surface area contributed by atoms with Crippen LogP contribution in [0, 0.1) is 13.8 Å². The molecule has 0 aliphatic rings. The topological polar surface area (TPSA) is 112 Å². The number of ether oxygens (including phenoxy) is 2. The van der Waals surface area contributed by atoms with Crippen molar-refractivity contribution in [1.82, 2.24) is 15.0 Å². The van der Waals surface area contributed by atoms with Crippen LogP contribution in [0.3, 0.4) is 0 Å². The van der Waals surface area contributed by atoms with Gasteiger partial charge in [-0.05, 0) is 26.0 Å². The third-order valence-electron chi connectivity index (χ3n) is 3.28. The molecule has 0 saturated heterocycles. The van der Waals surface area contributed by atoms with E-state index in [0.29, 0.717) is 9.46 Å². The highest BCUT2D eigenvalue weighted by Crippen LogP contribution is 2.31. The fourth-order valence-corrected chi connectivity index (χ4v) is 4.09. The Hall–Kier alpha value is -2.40. The van der Waals surface area contributed by atoms with Crippen molar-refractivity contribution in [1.29, 1.82) is 0 Å². The summed E-state index contributed by atoms with van der Waals surface area (Å²) < 4.78 is 35.3. The molecule has 1 amide bonds. The van der Waals surface area contributed by atoms with E-state index < -0.39 is 15.9 Å². The molecule has 0 aliphatic heterocycles. The summed E-state index contributed by atoms with van der Waals surface area (Å²) in [5.41, 5.74) is 1.53. The molecule has 0 fully saturated rings. The van der Waals surface area contributed by atoms with Crippen molar-refractivity contribution in [2.75, 3.05) is 30.5 Å². The zero-order chi connectivity index (χ0) is 20.2. The first-order valence-electron chi connectivity index (χ1n) is 7.73. The van der Waals surface area contributed by atoms with Crippen molar-refractivity contribution >= 4 is 33.4 Å². The summed E-state index contributed by atoms with van der Waals surface area (Å²) in [6.07, 6.45) is 0.937. The van der Waals surface area contributed by atoms with E-state index in [0.717, 1.165) is 29.4 Å². The lowest BCUT2D eigenvalue weighted by Crippen LogP contribution is -2.37. The minimum absolute atomic E-state index is 0.00717. The van der Waals surface area contributed by atoms with Crippen LogP contribution in [0.25, 0.3) is 0 Å². The first kappa shape index (κ1) is 20.9. The maximum Gasteiger partial charge on any atom is 0.251 e. The Morgan fingerprint density at radius 3 is 2.26 bits per heavy atom. The molecule has 2 aromatic heterocycles. The minimum atomic E-state index is -3.92. The molecule has 0 saturated carbocycles. The average molecular weight is 412 g/mol. The van der Waals surface area contributed by atoms with Gasteiger partial charge in [-0.2, -0.15) is 4.98 Å².